The van der Waals surface area contributed by atoms with Gasteiger partial charge < -0.3 is 10.1 Å². The van der Waals surface area contributed by atoms with Crippen molar-refractivity contribution in [3.05, 3.63) is 88.9 Å². The lowest BCUT2D eigenvalue weighted by atomic mass is 10.1. The molecule has 3 rings (SSSR count). The molecule has 0 bridgehead atoms. The van der Waals surface area contributed by atoms with Gasteiger partial charge in [0.2, 0.25) is 15.9 Å². The summed E-state index contributed by atoms with van der Waals surface area (Å²) in [6.45, 7) is 4.16. The number of rotatable bonds is 9. The van der Waals surface area contributed by atoms with Crippen LogP contribution in [0.5, 0.6) is 5.75 Å². The first-order valence-corrected chi connectivity index (χ1v) is 12.0. The quantitative estimate of drug-likeness (QED) is 0.477. The number of amides is 1. The maximum Gasteiger partial charge on any atom is 0.242 e. The van der Waals surface area contributed by atoms with Crippen molar-refractivity contribution < 1.29 is 17.9 Å². The first-order chi connectivity index (χ1) is 15.3. The van der Waals surface area contributed by atoms with E-state index >= 15 is 0 Å². The van der Waals surface area contributed by atoms with Gasteiger partial charge >= 0.3 is 0 Å². The summed E-state index contributed by atoms with van der Waals surface area (Å²) in [5.41, 5.74) is 2.17. The molecule has 0 heterocycles. The van der Waals surface area contributed by atoms with E-state index in [1.165, 1.54) is 12.1 Å². The smallest absolute Gasteiger partial charge is 0.242 e. The molecule has 0 radical (unpaired) electrons. The van der Waals surface area contributed by atoms with Crippen LogP contribution in [0.1, 0.15) is 18.1 Å². The lowest BCUT2D eigenvalue weighted by Crippen LogP contribution is -2.45. The molecule has 0 fully saturated rings. The second-order valence-corrected chi connectivity index (χ2v) is 9.37. The highest BCUT2D eigenvalue weighted by Gasteiger charge is 2.26. The van der Waals surface area contributed by atoms with E-state index in [2.05, 4.69) is 10.0 Å². The van der Waals surface area contributed by atoms with E-state index in [0.717, 1.165) is 11.1 Å². The van der Waals surface area contributed by atoms with Crippen LogP contribution in [0.25, 0.3) is 0 Å². The zero-order valence-electron chi connectivity index (χ0n) is 17.8. The molecule has 0 aliphatic rings. The predicted octanol–water partition coefficient (Wildman–Crippen LogP) is 4.58. The van der Waals surface area contributed by atoms with Crippen LogP contribution in [-0.4, -0.2) is 27.0 Å². The zero-order chi connectivity index (χ0) is 23.1. The van der Waals surface area contributed by atoms with Crippen LogP contribution in [0.15, 0.2) is 77.7 Å². The van der Waals surface area contributed by atoms with Gasteiger partial charge in [-0.1, -0.05) is 48.0 Å². The number of hydrogen-bond donors (Lipinski definition) is 2. The standard InChI is InChI=1S/C24H25ClN2O4S/c1-3-31-20-11-13-21(14-12-20)32(29,30)27-23(15-18-7-5-4-6-8-18)24(28)26-22-16-19(25)10-9-17(22)2/h4-14,16,23,27H,3,15H2,1-2H3,(H,26,28)/t23-/m0/s1. The second-order valence-electron chi connectivity index (χ2n) is 7.22. The van der Waals surface area contributed by atoms with Gasteiger partial charge in [0, 0.05) is 10.7 Å². The number of carbonyl (C=O) groups excluding carboxylic acids is 1. The third kappa shape index (κ3) is 6.32. The molecule has 3 aromatic carbocycles. The molecule has 0 spiro atoms. The third-order valence-corrected chi connectivity index (χ3v) is 6.52. The van der Waals surface area contributed by atoms with Gasteiger partial charge in [0.15, 0.2) is 0 Å². The van der Waals surface area contributed by atoms with E-state index in [0.29, 0.717) is 23.1 Å². The highest BCUT2D eigenvalue weighted by molar-refractivity contribution is 7.89. The molecule has 1 atom stereocenters. The Morgan fingerprint density at radius 3 is 2.38 bits per heavy atom. The second kappa shape index (κ2) is 10.6. The van der Waals surface area contributed by atoms with Crippen LogP contribution in [0, 0.1) is 6.92 Å². The van der Waals surface area contributed by atoms with Crippen molar-refractivity contribution in [1.82, 2.24) is 4.72 Å². The van der Waals surface area contributed by atoms with E-state index < -0.39 is 22.0 Å². The average Bonchev–Trinajstić information content (AvgIpc) is 2.77. The molecule has 8 heteroatoms. The average molecular weight is 473 g/mol. The molecule has 168 valence electrons. The van der Waals surface area contributed by atoms with Gasteiger partial charge in [-0.3, -0.25) is 4.79 Å². The van der Waals surface area contributed by atoms with Gasteiger partial charge in [0.1, 0.15) is 11.8 Å². The summed E-state index contributed by atoms with van der Waals surface area (Å²) in [7, 11) is -3.96. The minimum atomic E-state index is -3.96. The van der Waals surface area contributed by atoms with E-state index in [1.54, 1.807) is 30.3 Å². The van der Waals surface area contributed by atoms with Crippen LogP contribution in [0.4, 0.5) is 5.69 Å². The first kappa shape index (κ1) is 23.8. The van der Waals surface area contributed by atoms with Gasteiger partial charge in [-0.05, 0) is 67.8 Å². The highest BCUT2D eigenvalue weighted by Crippen LogP contribution is 2.21. The van der Waals surface area contributed by atoms with Gasteiger partial charge in [0.05, 0.1) is 11.5 Å². The maximum absolute atomic E-state index is 13.1. The van der Waals surface area contributed by atoms with Gasteiger partial charge in [0.25, 0.3) is 0 Å². The minimum Gasteiger partial charge on any atom is -0.494 e. The van der Waals surface area contributed by atoms with Gasteiger partial charge in [-0.25, -0.2) is 8.42 Å². The summed E-state index contributed by atoms with van der Waals surface area (Å²) < 4.78 is 34.0. The molecule has 0 aliphatic carbocycles. The van der Waals surface area contributed by atoms with Crippen LogP contribution in [0.3, 0.4) is 0 Å². The van der Waals surface area contributed by atoms with Gasteiger partial charge in [-0.15, -0.1) is 0 Å². The number of aryl methyl sites for hydroxylation is 1. The van der Waals surface area contributed by atoms with Crippen molar-refractivity contribution >= 4 is 33.2 Å². The molecule has 0 aliphatic heterocycles. The maximum atomic E-state index is 13.1. The van der Waals surface area contributed by atoms with E-state index in [-0.39, 0.29) is 11.3 Å². The van der Waals surface area contributed by atoms with Crippen molar-refractivity contribution in [2.75, 3.05) is 11.9 Å². The number of carbonyl (C=O) groups is 1. The Labute approximate surface area is 193 Å². The molecule has 1 amide bonds. The summed E-state index contributed by atoms with van der Waals surface area (Å²) in [4.78, 5) is 13.2. The van der Waals surface area contributed by atoms with Crippen LogP contribution >= 0.6 is 11.6 Å². The Morgan fingerprint density at radius 2 is 1.72 bits per heavy atom. The summed E-state index contributed by atoms with van der Waals surface area (Å²) in [6, 6.07) is 19.4. The lowest BCUT2D eigenvalue weighted by molar-refractivity contribution is -0.117. The predicted molar refractivity (Wildman–Crippen MR) is 127 cm³/mol. The fraction of sp³-hybridized carbons (Fsp3) is 0.208. The molecule has 0 aromatic heterocycles. The first-order valence-electron chi connectivity index (χ1n) is 10.1. The highest BCUT2D eigenvalue weighted by atomic mass is 35.5. The number of sulfonamides is 1. The molecule has 32 heavy (non-hydrogen) atoms. The third-order valence-electron chi connectivity index (χ3n) is 4.80. The molecular formula is C24H25ClN2O4S. The monoisotopic (exact) mass is 472 g/mol. The van der Waals surface area contributed by atoms with Gasteiger partial charge in [-0.2, -0.15) is 4.72 Å². The lowest BCUT2D eigenvalue weighted by Gasteiger charge is -2.20. The number of benzene rings is 3. The summed E-state index contributed by atoms with van der Waals surface area (Å²) in [6.07, 6.45) is 0.183. The number of ether oxygens (including phenoxy) is 1. The van der Waals surface area contributed by atoms with Crippen molar-refractivity contribution in [3.63, 3.8) is 0 Å². The molecule has 0 saturated heterocycles. The van der Waals surface area contributed by atoms with Crippen LogP contribution in [0.2, 0.25) is 5.02 Å². The van der Waals surface area contributed by atoms with Crippen LogP contribution in [-0.2, 0) is 21.2 Å². The molecule has 2 N–H and O–H groups in total. The topological polar surface area (TPSA) is 84.5 Å². The fourth-order valence-electron chi connectivity index (χ4n) is 3.12. The van der Waals surface area contributed by atoms with Crippen LogP contribution < -0.4 is 14.8 Å². The Balaban J connectivity index is 1.86. The van der Waals surface area contributed by atoms with Crippen molar-refractivity contribution in [1.29, 1.82) is 0 Å². The van der Waals surface area contributed by atoms with E-state index in [1.807, 2.05) is 44.2 Å². The summed E-state index contributed by atoms with van der Waals surface area (Å²) >= 11 is 6.06. The Bertz CT molecular complexity index is 1170. The van der Waals surface area contributed by atoms with E-state index in [9.17, 15) is 13.2 Å². The molecule has 0 saturated carbocycles. The summed E-state index contributed by atoms with van der Waals surface area (Å²) in [5, 5.41) is 3.27. The Hall–Kier alpha value is -2.87. The molecule has 3 aromatic rings. The number of anilines is 1. The molecule has 6 nitrogen and oxygen atoms in total. The zero-order valence-corrected chi connectivity index (χ0v) is 19.4. The molecular weight excluding hydrogens is 448 g/mol. The normalized spacial score (nSPS) is 12.2. The Kier molecular flexibility index (Phi) is 7.90. The SMILES string of the molecule is CCOc1ccc(S(=O)(=O)N[C@@H](Cc2ccccc2)C(=O)Nc2cc(Cl)ccc2C)cc1. The largest absolute Gasteiger partial charge is 0.494 e. The van der Waals surface area contributed by atoms with Crippen molar-refractivity contribution in [2.45, 2.75) is 31.2 Å². The molecule has 0 unspecified atom stereocenters. The van der Waals surface area contributed by atoms with Crippen molar-refractivity contribution in [2.24, 2.45) is 0 Å². The number of halogens is 1. The number of nitrogens with one attached hydrogen (secondary N) is 2. The summed E-state index contributed by atoms with van der Waals surface area (Å²) in [5.74, 6) is 0.0928. The number of hydrogen-bond acceptors (Lipinski definition) is 4. The minimum absolute atomic E-state index is 0.0470. The Morgan fingerprint density at radius 1 is 1.03 bits per heavy atom. The fourth-order valence-corrected chi connectivity index (χ4v) is 4.49. The van der Waals surface area contributed by atoms with Crippen molar-refractivity contribution in [3.8, 4) is 5.75 Å². The van der Waals surface area contributed by atoms with E-state index in [4.69, 9.17) is 16.3 Å².